The Labute approximate surface area is 142 Å². The van der Waals surface area contributed by atoms with Crippen molar-refractivity contribution in [2.75, 3.05) is 31.6 Å². The van der Waals surface area contributed by atoms with Crippen molar-refractivity contribution < 1.29 is 14.3 Å². The number of amides is 3. The quantitative estimate of drug-likeness (QED) is 0.829. The first kappa shape index (κ1) is 16.8. The van der Waals surface area contributed by atoms with Crippen molar-refractivity contribution in [1.29, 1.82) is 0 Å². The second-order valence-electron chi connectivity index (χ2n) is 6.35. The predicted octanol–water partition coefficient (Wildman–Crippen LogP) is 2.23. The Hall–Kier alpha value is -2.08. The van der Waals surface area contributed by atoms with Gasteiger partial charge in [-0.1, -0.05) is 24.6 Å². The van der Waals surface area contributed by atoms with Crippen LogP contribution < -0.4 is 10.6 Å². The van der Waals surface area contributed by atoms with Crippen LogP contribution in [-0.4, -0.2) is 49.2 Å². The maximum absolute atomic E-state index is 12.8. The third-order valence-electron chi connectivity index (χ3n) is 4.74. The van der Waals surface area contributed by atoms with Gasteiger partial charge >= 0.3 is 6.03 Å². The van der Waals surface area contributed by atoms with Gasteiger partial charge in [0.1, 0.15) is 0 Å². The summed E-state index contributed by atoms with van der Waals surface area (Å²) in [6.45, 7) is 2.27. The van der Waals surface area contributed by atoms with Gasteiger partial charge in [0.15, 0.2) is 0 Å². The molecular weight excluding hydrogens is 306 g/mol. The van der Waals surface area contributed by atoms with E-state index in [0.29, 0.717) is 26.3 Å². The molecule has 24 heavy (non-hydrogen) atoms. The average Bonchev–Trinajstić information content (AvgIpc) is 3.06. The number of fused-ring (bicyclic) bond motifs is 1. The number of hydrogen-bond donors (Lipinski definition) is 2. The van der Waals surface area contributed by atoms with E-state index in [1.807, 2.05) is 35.2 Å². The SMILES string of the molecule is O=C1NCCOCCCN(C(=O)Nc2ccccc2)[C@H]2CCC[C@@H]12. The molecule has 6 nitrogen and oxygen atoms in total. The Morgan fingerprint density at radius 3 is 2.83 bits per heavy atom. The molecule has 1 saturated heterocycles. The summed E-state index contributed by atoms with van der Waals surface area (Å²) in [6.07, 6.45) is 3.47. The van der Waals surface area contributed by atoms with Gasteiger partial charge in [0.25, 0.3) is 0 Å². The van der Waals surface area contributed by atoms with Crippen LogP contribution in [0.2, 0.25) is 0 Å². The Balaban J connectivity index is 1.75. The molecule has 0 unspecified atom stereocenters. The van der Waals surface area contributed by atoms with Crippen molar-refractivity contribution >= 4 is 17.6 Å². The van der Waals surface area contributed by atoms with Gasteiger partial charge in [0.2, 0.25) is 5.91 Å². The number of carbonyl (C=O) groups is 2. The molecule has 2 aliphatic rings. The first-order chi connectivity index (χ1) is 11.8. The number of hydrogen-bond acceptors (Lipinski definition) is 3. The predicted molar refractivity (Wildman–Crippen MR) is 91.7 cm³/mol. The number of rotatable bonds is 1. The molecule has 0 aromatic heterocycles. The fraction of sp³-hybridized carbons (Fsp3) is 0.556. The van der Waals surface area contributed by atoms with Gasteiger partial charge in [0, 0.05) is 31.4 Å². The van der Waals surface area contributed by atoms with Crippen LogP contribution in [0.5, 0.6) is 0 Å². The maximum Gasteiger partial charge on any atom is 0.322 e. The van der Waals surface area contributed by atoms with Gasteiger partial charge in [-0.3, -0.25) is 4.79 Å². The highest BCUT2D eigenvalue weighted by Crippen LogP contribution is 2.31. The second kappa shape index (κ2) is 8.15. The summed E-state index contributed by atoms with van der Waals surface area (Å²) in [6, 6.07) is 9.26. The van der Waals surface area contributed by atoms with Crippen LogP contribution in [0.15, 0.2) is 30.3 Å². The number of nitrogens with one attached hydrogen (secondary N) is 2. The topological polar surface area (TPSA) is 70.7 Å². The summed E-state index contributed by atoms with van der Waals surface area (Å²) < 4.78 is 5.51. The van der Waals surface area contributed by atoms with Gasteiger partial charge in [0.05, 0.1) is 12.5 Å². The van der Waals surface area contributed by atoms with E-state index < -0.39 is 0 Å². The summed E-state index contributed by atoms with van der Waals surface area (Å²) >= 11 is 0. The van der Waals surface area contributed by atoms with Gasteiger partial charge in [-0.15, -0.1) is 0 Å². The number of benzene rings is 1. The van der Waals surface area contributed by atoms with Gasteiger partial charge in [-0.2, -0.15) is 0 Å². The molecule has 1 heterocycles. The smallest absolute Gasteiger partial charge is 0.322 e. The van der Waals surface area contributed by atoms with Crippen LogP contribution in [0.25, 0.3) is 0 Å². The fourth-order valence-electron chi connectivity index (χ4n) is 3.57. The molecule has 1 aliphatic carbocycles. The van der Waals surface area contributed by atoms with E-state index in [-0.39, 0.29) is 23.9 Å². The number of ether oxygens (including phenoxy) is 1. The van der Waals surface area contributed by atoms with Crippen molar-refractivity contribution in [3.63, 3.8) is 0 Å². The molecule has 0 bridgehead atoms. The van der Waals surface area contributed by atoms with Crippen LogP contribution in [0, 0.1) is 5.92 Å². The maximum atomic E-state index is 12.8. The summed E-state index contributed by atoms with van der Waals surface area (Å²) in [4.78, 5) is 27.1. The Bertz CT molecular complexity index is 564. The zero-order valence-electron chi connectivity index (χ0n) is 13.9. The van der Waals surface area contributed by atoms with E-state index in [2.05, 4.69) is 10.6 Å². The summed E-state index contributed by atoms with van der Waals surface area (Å²) in [5.41, 5.74) is 0.770. The lowest BCUT2D eigenvalue weighted by molar-refractivity contribution is -0.126. The second-order valence-corrected chi connectivity index (χ2v) is 6.35. The summed E-state index contributed by atoms with van der Waals surface area (Å²) in [7, 11) is 0. The molecule has 1 aliphatic heterocycles. The van der Waals surface area contributed by atoms with Crippen molar-refractivity contribution in [2.24, 2.45) is 5.92 Å². The third kappa shape index (κ3) is 4.06. The Morgan fingerprint density at radius 1 is 1.17 bits per heavy atom. The lowest BCUT2D eigenvalue weighted by Gasteiger charge is -2.32. The van der Waals surface area contributed by atoms with Crippen LogP contribution in [0.3, 0.4) is 0 Å². The van der Waals surface area contributed by atoms with Gasteiger partial charge in [-0.05, 0) is 31.4 Å². The van der Waals surface area contributed by atoms with Crippen molar-refractivity contribution in [3.05, 3.63) is 30.3 Å². The lowest BCUT2D eigenvalue weighted by Crippen LogP contribution is -2.49. The number of para-hydroxylation sites is 1. The zero-order chi connectivity index (χ0) is 16.8. The molecule has 0 radical (unpaired) electrons. The van der Waals surface area contributed by atoms with Crippen molar-refractivity contribution in [2.45, 2.75) is 31.7 Å². The van der Waals surface area contributed by atoms with Crippen molar-refractivity contribution in [1.82, 2.24) is 10.2 Å². The van der Waals surface area contributed by atoms with Gasteiger partial charge < -0.3 is 20.3 Å². The molecule has 1 saturated carbocycles. The Morgan fingerprint density at radius 2 is 2.00 bits per heavy atom. The molecule has 6 heteroatoms. The molecule has 2 N–H and O–H groups in total. The van der Waals surface area contributed by atoms with Gasteiger partial charge in [-0.25, -0.2) is 4.79 Å². The minimum Gasteiger partial charge on any atom is -0.380 e. The van der Waals surface area contributed by atoms with E-state index in [0.717, 1.165) is 31.4 Å². The standard InChI is InChI=1S/C18H25N3O3/c22-17-15-8-4-9-16(15)21(11-5-12-24-13-10-19-17)18(23)20-14-6-2-1-3-7-14/h1-3,6-7,15-16H,4-5,8-13H2,(H,19,22)(H,20,23)/t15-,16+/m1/s1. The summed E-state index contributed by atoms with van der Waals surface area (Å²) in [5, 5.41) is 5.89. The van der Waals surface area contributed by atoms with E-state index >= 15 is 0 Å². The molecule has 0 spiro atoms. The number of carbonyl (C=O) groups excluding carboxylic acids is 2. The fourth-order valence-corrected chi connectivity index (χ4v) is 3.57. The summed E-state index contributed by atoms with van der Waals surface area (Å²) in [5.74, 6) is -0.0786. The minimum absolute atomic E-state index is 0.0354. The molecule has 2 fully saturated rings. The highest BCUT2D eigenvalue weighted by molar-refractivity contribution is 5.90. The number of anilines is 1. The monoisotopic (exact) mass is 331 g/mol. The van der Waals surface area contributed by atoms with Crippen LogP contribution >= 0.6 is 0 Å². The Kier molecular flexibility index (Phi) is 5.69. The van der Waals surface area contributed by atoms with Crippen LogP contribution in [0.1, 0.15) is 25.7 Å². The molecule has 1 aromatic rings. The normalized spacial score (nSPS) is 25.3. The van der Waals surface area contributed by atoms with E-state index in [1.165, 1.54) is 0 Å². The molecule has 3 rings (SSSR count). The highest BCUT2D eigenvalue weighted by Gasteiger charge is 2.38. The molecule has 3 amide bonds. The van der Waals surface area contributed by atoms with E-state index in [1.54, 1.807) is 0 Å². The van der Waals surface area contributed by atoms with Crippen LogP contribution in [-0.2, 0) is 9.53 Å². The number of nitrogens with zero attached hydrogens (tertiary/aromatic N) is 1. The molecular formula is C18H25N3O3. The van der Waals surface area contributed by atoms with Crippen LogP contribution in [0.4, 0.5) is 10.5 Å². The zero-order valence-corrected chi connectivity index (χ0v) is 13.9. The molecule has 1 aromatic carbocycles. The first-order valence-corrected chi connectivity index (χ1v) is 8.74. The largest absolute Gasteiger partial charge is 0.380 e. The molecule has 2 atom stereocenters. The lowest BCUT2D eigenvalue weighted by atomic mass is 10.0. The third-order valence-corrected chi connectivity index (χ3v) is 4.74. The highest BCUT2D eigenvalue weighted by atomic mass is 16.5. The van der Waals surface area contributed by atoms with E-state index in [9.17, 15) is 9.59 Å². The number of urea groups is 1. The molecule has 130 valence electrons. The van der Waals surface area contributed by atoms with Crippen molar-refractivity contribution in [3.8, 4) is 0 Å². The minimum atomic E-state index is -0.134. The average molecular weight is 331 g/mol. The first-order valence-electron chi connectivity index (χ1n) is 8.74. The van der Waals surface area contributed by atoms with E-state index in [4.69, 9.17) is 4.74 Å².